The van der Waals surface area contributed by atoms with Crippen LogP contribution in [0.1, 0.15) is 32.3 Å². The van der Waals surface area contributed by atoms with E-state index in [9.17, 15) is 14.4 Å². The minimum absolute atomic E-state index is 0.311. The highest BCUT2D eigenvalue weighted by Gasteiger charge is 2.57. The van der Waals surface area contributed by atoms with Crippen LogP contribution < -0.4 is 14.4 Å². The van der Waals surface area contributed by atoms with Crippen molar-refractivity contribution in [2.24, 2.45) is 0 Å². The number of imide groups is 1. The maximum absolute atomic E-state index is 13.5. The van der Waals surface area contributed by atoms with Crippen LogP contribution in [0.4, 0.5) is 5.69 Å². The van der Waals surface area contributed by atoms with Crippen LogP contribution in [-0.2, 0) is 4.79 Å². The van der Waals surface area contributed by atoms with Crippen molar-refractivity contribution in [1.82, 2.24) is 4.90 Å². The fourth-order valence-electron chi connectivity index (χ4n) is 4.44. The van der Waals surface area contributed by atoms with Crippen LogP contribution in [-0.4, -0.2) is 42.9 Å². The highest BCUT2D eigenvalue weighted by molar-refractivity contribution is 6.24. The molecule has 0 radical (unpaired) electrons. The molecular weight excluding hydrogens is 408 g/mol. The molecule has 1 fully saturated rings. The Hall–Kier alpha value is -4.13. The summed E-state index contributed by atoms with van der Waals surface area (Å²) in [5.74, 6) is -0.137. The van der Waals surface area contributed by atoms with Gasteiger partial charge in [-0.15, -0.1) is 0 Å². The number of hydrogen-bond donors (Lipinski definition) is 0. The van der Waals surface area contributed by atoms with Gasteiger partial charge in [-0.2, -0.15) is 0 Å². The van der Waals surface area contributed by atoms with Crippen molar-refractivity contribution < 1.29 is 23.9 Å². The van der Waals surface area contributed by atoms with Crippen molar-refractivity contribution in [3.63, 3.8) is 0 Å². The zero-order valence-corrected chi connectivity index (χ0v) is 17.5. The number of rotatable bonds is 5. The summed E-state index contributed by atoms with van der Waals surface area (Å²) in [4.78, 5) is 42.4. The number of nitrogens with zero attached hydrogens (tertiary/aromatic N) is 2. The molecule has 2 heterocycles. The molecule has 2 atom stereocenters. The van der Waals surface area contributed by atoms with Gasteiger partial charge in [0, 0.05) is 0 Å². The molecule has 3 amide bonds. The molecule has 32 heavy (non-hydrogen) atoms. The van der Waals surface area contributed by atoms with Gasteiger partial charge in [0.05, 0.1) is 37.1 Å². The number of anilines is 1. The fraction of sp³-hybridized carbons (Fsp3) is 0.160. The van der Waals surface area contributed by atoms with Gasteiger partial charge in [0.15, 0.2) is 0 Å². The zero-order chi connectivity index (χ0) is 22.4. The van der Waals surface area contributed by atoms with E-state index in [4.69, 9.17) is 9.47 Å². The number of benzene rings is 3. The second-order valence-electron chi connectivity index (χ2n) is 7.57. The standard InChI is InChI=1S/C25H20N2O5/c1-31-16-9-7-8-15(14-16)21-22(25(30)26(21)19-12-5-6-13-20(19)32-2)27-23(28)17-10-3-4-11-18(17)24(27)29/h3-14,21-22H,1-2H3/t21-,22+/m1/s1. The first-order valence-corrected chi connectivity index (χ1v) is 10.1. The molecule has 0 bridgehead atoms. The van der Waals surface area contributed by atoms with Gasteiger partial charge >= 0.3 is 0 Å². The van der Waals surface area contributed by atoms with Crippen molar-refractivity contribution in [3.8, 4) is 11.5 Å². The summed E-state index contributed by atoms with van der Waals surface area (Å²) in [7, 11) is 3.09. The first kappa shape index (κ1) is 19.8. The highest BCUT2D eigenvalue weighted by atomic mass is 16.5. The van der Waals surface area contributed by atoms with Crippen LogP contribution in [0.3, 0.4) is 0 Å². The quantitative estimate of drug-likeness (QED) is 0.460. The summed E-state index contributed by atoms with van der Waals surface area (Å²) >= 11 is 0. The van der Waals surface area contributed by atoms with Crippen LogP contribution in [0.2, 0.25) is 0 Å². The lowest BCUT2D eigenvalue weighted by Crippen LogP contribution is -2.67. The first-order valence-electron chi connectivity index (χ1n) is 10.1. The summed E-state index contributed by atoms with van der Waals surface area (Å²) < 4.78 is 10.8. The Balaban J connectivity index is 1.62. The van der Waals surface area contributed by atoms with E-state index in [1.807, 2.05) is 30.3 Å². The minimum Gasteiger partial charge on any atom is -0.497 e. The van der Waals surface area contributed by atoms with E-state index >= 15 is 0 Å². The lowest BCUT2D eigenvalue weighted by molar-refractivity contribution is -0.130. The highest BCUT2D eigenvalue weighted by Crippen LogP contribution is 2.47. The largest absolute Gasteiger partial charge is 0.497 e. The first-order chi connectivity index (χ1) is 15.6. The maximum Gasteiger partial charge on any atom is 0.262 e. The predicted molar refractivity (Wildman–Crippen MR) is 117 cm³/mol. The van der Waals surface area contributed by atoms with Gasteiger partial charge in [0.25, 0.3) is 17.7 Å². The normalized spacial score (nSPS) is 19.6. The second-order valence-corrected chi connectivity index (χ2v) is 7.57. The summed E-state index contributed by atoms with van der Waals surface area (Å²) in [6.07, 6.45) is 0. The molecule has 0 aliphatic carbocycles. The third-order valence-corrected chi connectivity index (χ3v) is 5.95. The van der Waals surface area contributed by atoms with Crippen LogP contribution in [0.5, 0.6) is 11.5 Å². The molecule has 0 saturated carbocycles. The molecule has 2 aliphatic rings. The number of carbonyl (C=O) groups excluding carboxylic acids is 3. The van der Waals surface area contributed by atoms with E-state index in [1.54, 1.807) is 54.5 Å². The maximum atomic E-state index is 13.5. The average Bonchev–Trinajstić information content (AvgIpc) is 3.08. The number of amides is 3. The Bertz CT molecular complexity index is 1220. The van der Waals surface area contributed by atoms with Gasteiger partial charge in [0.1, 0.15) is 17.5 Å². The van der Waals surface area contributed by atoms with E-state index in [-0.39, 0.29) is 5.91 Å². The van der Waals surface area contributed by atoms with E-state index in [1.165, 1.54) is 7.11 Å². The van der Waals surface area contributed by atoms with Crippen LogP contribution in [0.25, 0.3) is 0 Å². The van der Waals surface area contributed by atoms with Crippen molar-refractivity contribution in [3.05, 3.63) is 89.5 Å². The second kappa shape index (κ2) is 7.53. The third-order valence-electron chi connectivity index (χ3n) is 5.95. The van der Waals surface area contributed by atoms with Crippen molar-refractivity contribution in [2.75, 3.05) is 19.1 Å². The van der Waals surface area contributed by atoms with Crippen LogP contribution >= 0.6 is 0 Å². The smallest absolute Gasteiger partial charge is 0.262 e. The van der Waals surface area contributed by atoms with Crippen molar-refractivity contribution in [1.29, 1.82) is 0 Å². The molecule has 160 valence electrons. The lowest BCUT2D eigenvalue weighted by Gasteiger charge is -2.50. The van der Waals surface area contributed by atoms with Crippen molar-refractivity contribution >= 4 is 23.4 Å². The fourth-order valence-corrected chi connectivity index (χ4v) is 4.44. The Kier molecular flexibility index (Phi) is 4.66. The summed E-state index contributed by atoms with van der Waals surface area (Å²) in [6.45, 7) is 0. The number of fused-ring (bicyclic) bond motifs is 1. The molecule has 3 aromatic rings. The topological polar surface area (TPSA) is 76.2 Å². The molecule has 7 nitrogen and oxygen atoms in total. The molecule has 0 spiro atoms. The Morgan fingerprint density at radius 1 is 0.688 bits per heavy atom. The summed E-state index contributed by atoms with van der Waals surface area (Å²) in [6, 6.07) is 19.5. The van der Waals surface area contributed by atoms with E-state index in [2.05, 4.69) is 0 Å². The molecule has 0 unspecified atom stereocenters. The Labute approximate surface area is 184 Å². The molecule has 0 N–H and O–H groups in total. The molecule has 1 saturated heterocycles. The minimum atomic E-state index is -0.973. The monoisotopic (exact) mass is 428 g/mol. The number of hydrogen-bond acceptors (Lipinski definition) is 5. The van der Waals surface area contributed by atoms with Gasteiger partial charge < -0.3 is 9.47 Å². The summed E-state index contributed by atoms with van der Waals surface area (Å²) in [5.41, 5.74) is 1.94. The molecule has 5 rings (SSSR count). The SMILES string of the molecule is COc1cccc([C@@H]2[C@H](N3C(=O)c4ccccc4C3=O)C(=O)N2c2ccccc2OC)c1. The third kappa shape index (κ3) is 2.78. The van der Waals surface area contributed by atoms with E-state index in [0.29, 0.717) is 28.3 Å². The molecule has 3 aromatic carbocycles. The Morgan fingerprint density at radius 2 is 1.34 bits per heavy atom. The molecule has 7 heteroatoms. The Morgan fingerprint density at radius 3 is 2.00 bits per heavy atom. The number of methoxy groups -OCH3 is 2. The van der Waals surface area contributed by atoms with Crippen LogP contribution in [0, 0.1) is 0 Å². The average molecular weight is 428 g/mol. The number of carbonyl (C=O) groups is 3. The molecule has 0 aromatic heterocycles. The van der Waals surface area contributed by atoms with Gasteiger partial charge in [-0.1, -0.05) is 36.4 Å². The van der Waals surface area contributed by atoms with Gasteiger partial charge in [0.2, 0.25) is 0 Å². The zero-order valence-electron chi connectivity index (χ0n) is 17.5. The predicted octanol–water partition coefficient (Wildman–Crippen LogP) is 3.46. The van der Waals surface area contributed by atoms with Gasteiger partial charge in [-0.3, -0.25) is 24.2 Å². The molecule has 2 aliphatic heterocycles. The number of para-hydroxylation sites is 2. The number of ether oxygens (including phenoxy) is 2. The van der Waals surface area contributed by atoms with E-state index in [0.717, 1.165) is 10.5 Å². The van der Waals surface area contributed by atoms with Gasteiger partial charge in [-0.05, 0) is 42.0 Å². The van der Waals surface area contributed by atoms with Crippen molar-refractivity contribution in [2.45, 2.75) is 12.1 Å². The lowest BCUT2D eigenvalue weighted by atomic mass is 9.86. The van der Waals surface area contributed by atoms with E-state index < -0.39 is 23.9 Å². The molecular formula is C25H20N2O5. The van der Waals surface area contributed by atoms with Crippen LogP contribution in [0.15, 0.2) is 72.8 Å². The van der Waals surface area contributed by atoms with Gasteiger partial charge in [-0.25, -0.2) is 0 Å². The number of β-lactam (4-membered cyclic amide) rings is 1. The summed E-state index contributed by atoms with van der Waals surface area (Å²) in [5, 5.41) is 0.